The molecule has 1 atom stereocenters. The van der Waals surface area contributed by atoms with Crippen molar-refractivity contribution >= 4 is 22.9 Å². The van der Waals surface area contributed by atoms with Gasteiger partial charge in [0.1, 0.15) is 18.0 Å². The highest BCUT2D eigenvalue weighted by atomic mass is 19.3. The molecule has 0 unspecified atom stereocenters. The average Bonchev–Trinajstić information content (AvgIpc) is 3.60. The zero-order valence-electron chi connectivity index (χ0n) is 20.7. The Morgan fingerprint density at radius 2 is 1.90 bits per heavy atom. The van der Waals surface area contributed by atoms with Crippen LogP contribution in [0, 0.1) is 0 Å². The summed E-state index contributed by atoms with van der Waals surface area (Å²) >= 11 is 0. The first-order valence-electron chi connectivity index (χ1n) is 11.4. The van der Waals surface area contributed by atoms with Crippen LogP contribution >= 0.6 is 0 Å². The van der Waals surface area contributed by atoms with Gasteiger partial charge in [0.15, 0.2) is 22.8 Å². The number of carbonyl (C=O) groups is 1. The van der Waals surface area contributed by atoms with E-state index in [-0.39, 0.29) is 29.2 Å². The van der Waals surface area contributed by atoms with Crippen LogP contribution in [0.3, 0.4) is 0 Å². The first kappa shape index (κ1) is 25.5. The maximum atomic E-state index is 13.4. The number of nitrogens with zero attached hydrogens (tertiary/aromatic N) is 9. The number of halogens is 2. The zero-order valence-corrected chi connectivity index (χ0v) is 20.7. The molecule has 0 saturated carbocycles. The predicted octanol–water partition coefficient (Wildman–Crippen LogP) is 1.49. The zero-order chi connectivity index (χ0) is 27.9. The van der Waals surface area contributed by atoms with Crippen molar-refractivity contribution in [3.63, 3.8) is 0 Å². The third-order valence-corrected chi connectivity index (χ3v) is 5.89. The summed E-state index contributed by atoms with van der Waals surface area (Å²) in [6.45, 7) is 2.10. The number of imidazole rings is 1. The van der Waals surface area contributed by atoms with Gasteiger partial charge < -0.3 is 14.4 Å². The molecule has 5 rings (SSSR count). The van der Waals surface area contributed by atoms with Gasteiger partial charge >= 0.3 is 11.6 Å². The molecule has 5 aromatic rings. The van der Waals surface area contributed by atoms with E-state index in [2.05, 4.69) is 35.4 Å². The molecular formula is C23H20F2N10O4. The first-order chi connectivity index (χ1) is 18.5. The Balaban J connectivity index is 1.43. The van der Waals surface area contributed by atoms with E-state index in [1.54, 1.807) is 0 Å². The van der Waals surface area contributed by atoms with E-state index in [9.17, 15) is 23.2 Å². The molecule has 5 aromatic heterocycles. The summed E-state index contributed by atoms with van der Waals surface area (Å²) in [5, 5.41) is 6.36. The maximum Gasteiger partial charge on any atom is 0.332 e. The number of alkyl halides is 2. The number of amides is 1. The fraction of sp³-hybridized carbons (Fsp3) is 0.261. The quantitative estimate of drug-likeness (QED) is 0.320. The van der Waals surface area contributed by atoms with E-state index in [0.29, 0.717) is 18.2 Å². The van der Waals surface area contributed by atoms with Crippen molar-refractivity contribution < 1.29 is 18.1 Å². The lowest BCUT2D eigenvalue weighted by atomic mass is 10.2. The highest BCUT2D eigenvalue weighted by Crippen LogP contribution is 2.24. The molecule has 14 nitrogen and oxygen atoms in total. The van der Waals surface area contributed by atoms with Crippen LogP contribution in [0.5, 0.6) is 0 Å². The third kappa shape index (κ3) is 4.78. The number of nitrogens with one attached hydrogen (secondary N) is 1. The molecule has 0 saturated heterocycles. The van der Waals surface area contributed by atoms with Crippen molar-refractivity contribution in [1.82, 2.24) is 43.8 Å². The second kappa shape index (κ2) is 9.62. The SMILES string of the molecule is C[C@@H](C(=O)Nc1cncc(-c2cnc(C(C)(F)F)nc2)n1)n1cnc2c1c(=O)n(Cc1ccon1)c(=O)n2C. The lowest BCUT2D eigenvalue weighted by molar-refractivity contribution is -0.118. The molecule has 0 radical (unpaired) electrons. The normalized spacial score (nSPS) is 12.5. The van der Waals surface area contributed by atoms with Gasteiger partial charge in [-0.1, -0.05) is 5.16 Å². The molecule has 0 fully saturated rings. The molecule has 0 aliphatic rings. The Kier molecular flexibility index (Phi) is 6.29. The van der Waals surface area contributed by atoms with Gasteiger partial charge in [-0.05, 0) is 6.92 Å². The van der Waals surface area contributed by atoms with Crippen LogP contribution in [-0.2, 0) is 24.3 Å². The highest BCUT2D eigenvalue weighted by molar-refractivity contribution is 5.93. The number of fused-ring (bicyclic) bond motifs is 1. The van der Waals surface area contributed by atoms with E-state index in [0.717, 1.165) is 4.57 Å². The fourth-order valence-electron chi connectivity index (χ4n) is 3.81. The number of anilines is 1. The van der Waals surface area contributed by atoms with Gasteiger partial charge in [0.25, 0.3) is 5.56 Å². The summed E-state index contributed by atoms with van der Waals surface area (Å²) in [6, 6.07) is 0.568. The Hall–Kier alpha value is -5.15. The van der Waals surface area contributed by atoms with Crippen LogP contribution in [-0.4, -0.2) is 49.7 Å². The summed E-state index contributed by atoms with van der Waals surface area (Å²) in [6.07, 6.45) is 7.64. The standard InChI is InChI=1S/C23H20F2N10O4/c1-12(19(36)31-16-9-26-8-15(30-16)13-6-27-21(28-7-13)23(2,24)25)35-11-29-18-17(35)20(37)34(22(38)33(18)3)10-14-4-5-39-32-14/h4-9,11-12H,10H2,1-3H3,(H,30,31,36)/t12-/m0/s1. The lowest BCUT2D eigenvalue weighted by Gasteiger charge is -2.15. The van der Waals surface area contributed by atoms with Crippen LogP contribution in [0.4, 0.5) is 14.6 Å². The van der Waals surface area contributed by atoms with Crippen molar-refractivity contribution in [3.05, 3.63) is 75.8 Å². The number of carbonyl (C=O) groups excluding carboxylic acids is 1. The van der Waals surface area contributed by atoms with Gasteiger partial charge in [-0.25, -0.2) is 24.7 Å². The van der Waals surface area contributed by atoms with Gasteiger partial charge in [-0.15, -0.1) is 0 Å². The minimum absolute atomic E-state index is 0.0352. The second-order valence-corrected chi connectivity index (χ2v) is 8.69. The van der Waals surface area contributed by atoms with Crippen LogP contribution < -0.4 is 16.6 Å². The summed E-state index contributed by atoms with van der Waals surface area (Å²) in [5.74, 6) is -4.33. The summed E-state index contributed by atoms with van der Waals surface area (Å²) in [4.78, 5) is 59.0. The molecule has 1 amide bonds. The second-order valence-electron chi connectivity index (χ2n) is 8.69. The molecule has 0 bridgehead atoms. The molecule has 1 N–H and O–H groups in total. The molecular weight excluding hydrogens is 518 g/mol. The first-order valence-corrected chi connectivity index (χ1v) is 11.4. The van der Waals surface area contributed by atoms with Gasteiger partial charge in [0, 0.05) is 38.0 Å². The summed E-state index contributed by atoms with van der Waals surface area (Å²) in [7, 11) is 1.46. The fourth-order valence-corrected chi connectivity index (χ4v) is 3.81. The molecule has 16 heteroatoms. The molecule has 0 spiro atoms. The summed E-state index contributed by atoms with van der Waals surface area (Å²) < 4.78 is 35.1. The van der Waals surface area contributed by atoms with Crippen molar-refractivity contribution in [2.24, 2.45) is 7.05 Å². The van der Waals surface area contributed by atoms with Crippen molar-refractivity contribution in [2.45, 2.75) is 32.4 Å². The molecule has 200 valence electrons. The number of rotatable bonds is 7. The van der Waals surface area contributed by atoms with Crippen LogP contribution in [0.1, 0.15) is 31.4 Å². The van der Waals surface area contributed by atoms with Crippen LogP contribution in [0.25, 0.3) is 22.4 Å². The molecule has 0 aromatic carbocycles. The highest BCUT2D eigenvalue weighted by Gasteiger charge is 2.28. The Labute approximate surface area is 217 Å². The number of hydrogen-bond acceptors (Lipinski definition) is 10. The van der Waals surface area contributed by atoms with Crippen LogP contribution in [0.15, 0.2) is 57.6 Å². The average molecular weight is 538 g/mol. The topological polar surface area (TPSA) is 169 Å². The Bertz CT molecular complexity index is 1790. The predicted molar refractivity (Wildman–Crippen MR) is 131 cm³/mol. The molecule has 39 heavy (non-hydrogen) atoms. The summed E-state index contributed by atoms with van der Waals surface area (Å²) in [5.41, 5.74) is -0.205. The van der Waals surface area contributed by atoms with Crippen molar-refractivity contribution in [1.29, 1.82) is 0 Å². The largest absolute Gasteiger partial charge is 0.364 e. The van der Waals surface area contributed by atoms with Gasteiger partial charge in [0.05, 0.1) is 31.0 Å². The monoisotopic (exact) mass is 538 g/mol. The van der Waals surface area contributed by atoms with Gasteiger partial charge in [0.2, 0.25) is 5.91 Å². The van der Waals surface area contributed by atoms with E-state index in [1.807, 2.05) is 0 Å². The van der Waals surface area contributed by atoms with Gasteiger partial charge in [-0.3, -0.25) is 23.7 Å². The maximum absolute atomic E-state index is 13.4. The minimum Gasteiger partial charge on any atom is -0.364 e. The number of aromatic nitrogens is 9. The van der Waals surface area contributed by atoms with Crippen molar-refractivity contribution in [2.75, 3.05) is 5.32 Å². The number of hydrogen-bond donors (Lipinski definition) is 1. The van der Waals surface area contributed by atoms with Crippen molar-refractivity contribution in [3.8, 4) is 11.3 Å². The molecule has 0 aliphatic carbocycles. The smallest absolute Gasteiger partial charge is 0.332 e. The van der Waals surface area contributed by atoms with E-state index in [1.165, 1.54) is 66.5 Å². The lowest BCUT2D eigenvalue weighted by Crippen LogP contribution is -2.40. The Morgan fingerprint density at radius 3 is 2.56 bits per heavy atom. The molecule has 0 aliphatic heterocycles. The minimum atomic E-state index is -3.20. The van der Waals surface area contributed by atoms with E-state index < -0.39 is 34.9 Å². The Morgan fingerprint density at radius 1 is 1.15 bits per heavy atom. The van der Waals surface area contributed by atoms with E-state index >= 15 is 0 Å². The van der Waals surface area contributed by atoms with E-state index in [4.69, 9.17) is 4.52 Å². The van der Waals surface area contributed by atoms with Gasteiger partial charge in [-0.2, -0.15) is 8.78 Å². The van der Waals surface area contributed by atoms with Crippen LogP contribution in [0.2, 0.25) is 0 Å². The molecule has 5 heterocycles. The number of aryl methyl sites for hydroxylation is 1. The third-order valence-electron chi connectivity index (χ3n) is 5.89.